The molecule has 4 aromatic rings. The van der Waals surface area contributed by atoms with Gasteiger partial charge in [0.1, 0.15) is 22.7 Å². The Balaban J connectivity index is 1.46. The average Bonchev–Trinajstić information content (AvgIpc) is 3.54. The number of piperazine rings is 1. The van der Waals surface area contributed by atoms with Gasteiger partial charge in [0, 0.05) is 105 Å². The van der Waals surface area contributed by atoms with Crippen molar-refractivity contribution in [2.45, 2.75) is 92.5 Å². The van der Waals surface area contributed by atoms with Crippen LogP contribution in [-0.4, -0.2) is 111 Å². The number of rotatable bonds is 4. The number of methoxy groups -OCH3 is 1. The molecule has 9 atom stereocenters. The molecule has 16 heteroatoms. The maximum absolute atomic E-state index is 14.8. The lowest BCUT2D eigenvalue weighted by molar-refractivity contribution is -0.112. The zero-order chi connectivity index (χ0) is 47.4. The molecular formula is C49H62N4O12. The van der Waals surface area contributed by atoms with Crippen LogP contribution >= 0.6 is 0 Å². The summed E-state index contributed by atoms with van der Waals surface area (Å²) >= 11 is 0. The number of nitrogens with one attached hydrogen (secondary N) is 1. The summed E-state index contributed by atoms with van der Waals surface area (Å²) in [4.78, 5) is 52.1. The standard InChI is InChI=1S/C49H62N4O12/c1-23(2)22-52-15-17-53(18-16-52)30-20-31(54)37-33(21-30)64-46-38(50-37)34-35-43(58)29(8)45-36(34)47(60)49(9,65-45)63-19-14-32(62-10)26(5)41(56)28(7)42(57)27(6)40(55)24(3)12-11-13-25(4)48(61)51-39(46)44(35)59/h11-14,19-21,23-24,26-28,32,40-42,55-58,60H,15-18,22H2,1-10H3,(H,51,61)/b12-11+,19-14+,25-13-/t24-,26-,27+,28-,32+,40-,41+,42+,49-/m0/s1. The maximum atomic E-state index is 14.8. The summed E-state index contributed by atoms with van der Waals surface area (Å²) in [5.41, 5.74) is -1.25. The third-order valence-corrected chi connectivity index (χ3v) is 13.5. The van der Waals surface area contributed by atoms with Gasteiger partial charge in [-0.05, 0) is 25.8 Å². The van der Waals surface area contributed by atoms with Crippen molar-refractivity contribution in [3.63, 3.8) is 0 Å². The number of nitrogens with zero attached hydrogens (tertiary/aromatic N) is 3. The van der Waals surface area contributed by atoms with Crippen molar-refractivity contribution in [2.24, 2.45) is 29.6 Å². The second-order valence-electron chi connectivity index (χ2n) is 18.6. The van der Waals surface area contributed by atoms with E-state index in [0.29, 0.717) is 24.7 Å². The van der Waals surface area contributed by atoms with Gasteiger partial charge in [0.2, 0.25) is 10.9 Å². The van der Waals surface area contributed by atoms with Gasteiger partial charge in [-0.25, -0.2) is 4.98 Å². The van der Waals surface area contributed by atoms with Crippen LogP contribution in [0.25, 0.3) is 38.7 Å². The Kier molecular flexibility index (Phi) is 13.4. The largest absolute Gasteiger partial charge is 0.507 e. The van der Waals surface area contributed by atoms with Crippen molar-refractivity contribution < 1.29 is 49.0 Å². The SMILES string of the molecule is CO[C@@H]1/C=C/O[C@@]2(C)Oc3c(C)c(O)c4c(=O)c(c5oc6cc(N7CCN(CC(C)C)CC7)cc(=O)c6nc5c4c3=C2O)NC(=O)/C(C)=C\C=C\[C@H](C)[C@H](O)[C@@H](C)[C@@H](O)[C@@H](C)[C@H](O)[C@H]1C. The van der Waals surface area contributed by atoms with Crippen LogP contribution in [0.15, 0.2) is 62.3 Å². The first-order valence-electron chi connectivity index (χ1n) is 22.3. The van der Waals surface area contributed by atoms with E-state index >= 15 is 0 Å². The molecule has 1 saturated heterocycles. The minimum Gasteiger partial charge on any atom is -0.507 e. The first kappa shape index (κ1) is 47.4. The summed E-state index contributed by atoms with van der Waals surface area (Å²) in [7, 11) is 1.45. The predicted octanol–water partition coefficient (Wildman–Crippen LogP) is 4.77. The Morgan fingerprint density at radius 1 is 0.908 bits per heavy atom. The van der Waals surface area contributed by atoms with Gasteiger partial charge in [-0.2, -0.15) is 0 Å². The Morgan fingerprint density at radius 2 is 1.57 bits per heavy atom. The molecule has 1 fully saturated rings. The zero-order valence-electron chi connectivity index (χ0n) is 38.7. The molecule has 0 aliphatic carbocycles. The smallest absolute Gasteiger partial charge is 0.307 e. The number of ether oxygens (including phenoxy) is 3. The minimum atomic E-state index is -1.95. The molecular weight excluding hydrogens is 837 g/mol. The highest BCUT2D eigenvalue weighted by molar-refractivity contribution is 6.16. The maximum Gasteiger partial charge on any atom is 0.307 e. The molecule has 350 valence electrons. The Morgan fingerprint density at radius 3 is 2.23 bits per heavy atom. The predicted molar refractivity (Wildman–Crippen MR) is 249 cm³/mol. The molecule has 1 amide bonds. The number of aromatic hydroxyl groups is 1. The fourth-order valence-corrected chi connectivity index (χ4v) is 9.37. The number of aliphatic hydroxyl groups is 4. The van der Waals surface area contributed by atoms with Crippen molar-refractivity contribution in [1.82, 2.24) is 9.88 Å². The van der Waals surface area contributed by atoms with Crippen LogP contribution in [0.3, 0.4) is 0 Å². The monoisotopic (exact) mass is 898 g/mol. The summed E-state index contributed by atoms with van der Waals surface area (Å²) in [6, 6.07) is 3.17. The number of aromatic nitrogens is 1. The van der Waals surface area contributed by atoms with E-state index in [-0.39, 0.29) is 60.8 Å². The van der Waals surface area contributed by atoms with Gasteiger partial charge < -0.3 is 54.4 Å². The molecule has 4 heterocycles. The molecule has 0 radical (unpaired) electrons. The second-order valence-corrected chi connectivity index (χ2v) is 18.6. The number of carbonyl (C=O) groups is 1. The van der Waals surface area contributed by atoms with Gasteiger partial charge in [0.25, 0.3) is 5.91 Å². The topological polar surface area (TPSA) is 225 Å². The first-order valence-corrected chi connectivity index (χ1v) is 22.3. The van der Waals surface area contributed by atoms with E-state index in [1.807, 2.05) is 0 Å². The summed E-state index contributed by atoms with van der Waals surface area (Å²) in [5, 5.41) is 60.2. The first-order chi connectivity index (χ1) is 30.7. The number of hydrogen-bond donors (Lipinski definition) is 6. The normalized spacial score (nSPS) is 30.4. The van der Waals surface area contributed by atoms with Crippen LogP contribution < -0.4 is 31.0 Å². The Bertz CT molecular complexity index is 2780. The molecule has 6 N–H and O–H groups in total. The van der Waals surface area contributed by atoms with Crippen LogP contribution in [0.4, 0.5) is 11.4 Å². The molecule has 4 bridgehead atoms. The molecule has 16 nitrogen and oxygen atoms in total. The molecule has 3 aromatic carbocycles. The quantitative estimate of drug-likeness (QED) is 0.120. The number of hydrogen-bond acceptors (Lipinski definition) is 15. The lowest BCUT2D eigenvalue weighted by Gasteiger charge is -2.36. The van der Waals surface area contributed by atoms with Crippen LogP contribution in [0, 0.1) is 36.5 Å². The number of fused-ring (bicyclic) bond motifs is 2. The molecule has 7 rings (SSSR count). The van der Waals surface area contributed by atoms with Gasteiger partial charge in [-0.3, -0.25) is 19.3 Å². The van der Waals surface area contributed by atoms with E-state index in [4.69, 9.17) is 23.6 Å². The van der Waals surface area contributed by atoms with Crippen LogP contribution in [0.5, 0.6) is 11.5 Å². The second kappa shape index (κ2) is 18.4. The van der Waals surface area contributed by atoms with E-state index in [1.54, 1.807) is 45.9 Å². The third-order valence-electron chi connectivity index (χ3n) is 13.5. The Hall–Kier alpha value is -5.52. The number of aliphatic hydroxyl groups excluding tert-OH is 4. The fraction of sp³-hybridized carbons (Fsp3) is 0.510. The van der Waals surface area contributed by atoms with E-state index in [2.05, 4.69) is 29.0 Å². The molecule has 3 aliphatic rings. The molecule has 0 unspecified atom stereocenters. The Labute approximate surface area is 377 Å². The van der Waals surface area contributed by atoms with E-state index < -0.39 is 82.1 Å². The number of phenols is 1. The third kappa shape index (κ3) is 8.69. The summed E-state index contributed by atoms with van der Waals surface area (Å²) in [6.07, 6.45) is 3.50. The van der Waals surface area contributed by atoms with E-state index in [9.17, 15) is 39.9 Å². The van der Waals surface area contributed by atoms with Crippen molar-refractivity contribution in [3.8, 4) is 11.5 Å². The van der Waals surface area contributed by atoms with Gasteiger partial charge in [0.05, 0.1) is 41.3 Å². The van der Waals surface area contributed by atoms with E-state index in [0.717, 1.165) is 19.6 Å². The average molecular weight is 899 g/mol. The molecule has 1 aromatic heterocycles. The summed E-state index contributed by atoms with van der Waals surface area (Å²) in [6.45, 7) is 19.5. The highest BCUT2D eigenvalue weighted by Gasteiger charge is 2.44. The van der Waals surface area contributed by atoms with Gasteiger partial charge in [-0.15, -0.1) is 0 Å². The highest BCUT2D eigenvalue weighted by Crippen LogP contribution is 2.42. The number of phenolic OH excluding ortho intramolecular Hbond substituents is 1. The molecule has 3 aliphatic heterocycles. The van der Waals surface area contributed by atoms with Crippen molar-refractivity contribution >= 4 is 56.0 Å². The highest BCUT2D eigenvalue weighted by atomic mass is 16.7. The number of amides is 1. The molecule has 0 saturated carbocycles. The number of carbonyl (C=O) groups excluding carboxylic acids is 1. The van der Waals surface area contributed by atoms with Crippen molar-refractivity contribution in [3.05, 3.63) is 79.5 Å². The lowest BCUT2D eigenvalue weighted by Crippen LogP contribution is -2.47. The van der Waals surface area contributed by atoms with Crippen LogP contribution in [0.1, 0.15) is 61.0 Å². The van der Waals surface area contributed by atoms with E-state index in [1.165, 1.54) is 52.4 Å². The van der Waals surface area contributed by atoms with Gasteiger partial charge in [-0.1, -0.05) is 59.8 Å². The number of benzene rings is 3. The van der Waals surface area contributed by atoms with Gasteiger partial charge in [0.15, 0.2) is 22.4 Å². The number of anilines is 2. The van der Waals surface area contributed by atoms with Gasteiger partial charge >= 0.3 is 5.79 Å². The lowest BCUT2D eigenvalue weighted by atomic mass is 9.78. The van der Waals surface area contributed by atoms with Crippen LogP contribution in [-0.2, 0) is 14.3 Å². The number of allylic oxidation sites excluding steroid dienone is 2. The zero-order valence-corrected chi connectivity index (χ0v) is 38.7. The minimum absolute atomic E-state index is 0.0337. The molecule has 0 spiro atoms. The molecule has 65 heavy (non-hydrogen) atoms. The fourth-order valence-electron chi connectivity index (χ4n) is 9.37. The van der Waals surface area contributed by atoms with Crippen molar-refractivity contribution in [1.29, 1.82) is 0 Å². The summed E-state index contributed by atoms with van der Waals surface area (Å²) < 4.78 is 24.5. The summed E-state index contributed by atoms with van der Waals surface area (Å²) in [5.74, 6) is -5.68. The van der Waals surface area contributed by atoms with Crippen LogP contribution in [0.2, 0.25) is 0 Å². The van der Waals surface area contributed by atoms with Crippen molar-refractivity contribution in [2.75, 3.05) is 50.1 Å².